The molecule has 37 heavy (non-hydrogen) atoms. The van der Waals surface area contributed by atoms with Crippen LogP contribution in [0.25, 0.3) is 22.4 Å². The molecule has 1 amide bonds. The Morgan fingerprint density at radius 2 is 1.73 bits per heavy atom. The number of hydrogen-bond acceptors (Lipinski definition) is 7. The van der Waals surface area contributed by atoms with Gasteiger partial charge in [0.25, 0.3) is 5.91 Å². The van der Waals surface area contributed by atoms with Gasteiger partial charge in [0.15, 0.2) is 17.5 Å². The zero-order chi connectivity index (χ0) is 26.5. The maximum Gasteiger partial charge on any atom is 0.282 e. The predicted octanol–water partition coefficient (Wildman–Crippen LogP) is 3.84. The number of nitrogens with zero attached hydrogens (tertiary/aromatic N) is 1. The van der Waals surface area contributed by atoms with Crippen molar-refractivity contribution in [2.45, 2.75) is 19.4 Å². The van der Waals surface area contributed by atoms with Crippen molar-refractivity contribution in [1.29, 1.82) is 0 Å². The molecule has 0 spiro atoms. The molecule has 0 saturated heterocycles. The lowest BCUT2D eigenvalue weighted by atomic mass is 9.99. The van der Waals surface area contributed by atoms with E-state index in [0.29, 0.717) is 35.1 Å². The number of rotatable bonds is 9. The number of hydrogen-bond donors (Lipinski definition) is 3. The standard InChI is InChI=1S/C28H29N3O6/c1-16-11-19(14-25(35-3)27(16)36-4)26-21(15-37-31-26)18-7-10-24(34-2)23(13-18)30-28(33)22(29)12-17-5-8-20(32)9-6-17/h5-11,13-15,22,32H,12,29H2,1-4H3,(H,30,33)/p+1. The Kier molecular flexibility index (Phi) is 7.64. The Bertz CT molecular complexity index is 1400. The first-order valence-electron chi connectivity index (χ1n) is 11.6. The van der Waals surface area contributed by atoms with E-state index < -0.39 is 6.04 Å². The summed E-state index contributed by atoms with van der Waals surface area (Å²) in [5.41, 5.74) is 9.23. The third-order valence-corrected chi connectivity index (χ3v) is 6.07. The number of carbonyl (C=O) groups excluding carboxylic acids is 1. The second-order valence-electron chi connectivity index (χ2n) is 8.58. The molecule has 1 atom stereocenters. The molecule has 1 heterocycles. The quantitative estimate of drug-likeness (QED) is 0.316. The maximum atomic E-state index is 13.0. The van der Waals surface area contributed by atoms with E-state index in [-0.39, 0.29) is 11.7 Å². The Balaban J connectivity index is 1.63. The van der Waals surface area contributed by atoms with Crippen molar-refractivity contribution in [2.24, 2.45) is 0 Å². The smallest absolute Gasteiger partial charge is 0.282 e. The normalized spacial score (nSPS) is 11.6. The zero-order valence-electron chi connectivity index (χ0n) is 21.2. The average Bonchev–Trinajstić information content (AvgIpc) is 3.39. The van der Waals surface area contributed by atoms with Gasteiger partial charge in [-0.15, -0.1) is 0 Å². The number of carbonyl (C=O) groups is 1. The minimum atomic E-state index is -0.557. The van der Waals surface area contributed by atoms with E-state index in [1.165, 1.54) is 0 Å². The van der Waals surface area contributed by atoms with Crippen LogP contribution in [-0.2, 0) is 11.2 Å². The molecule has 0 aliphatic rings. The molecule has 3 aromatic carbocycles. The molecule has 1 aromatic heterocycles. The van der Waals surface area contributed by atoms with E-state index in [0.717, 1.165) is 27.8 Å². The lowest BCUT2D eigenvalue weighted by Crippen LogP contribution is -2.67. The molecule has 0 aliphatic carbocycles. The van der Waals surface area contributed by atoms with Crippen molar-refractivity contribution in [3.05, 3.63) is 72.0 Å². The molecule has 4 aromatic rings. The van der Waals surface area contributed by atoms with Crippen LogP contribution in [0.1, 0.15) is 11.1 Å². The fourth-order valence-electron chi connectivity index (χ4n) is 4.16. The zero-order valence-corrected chi connectivity index (χ0v) is 21.2. The first-order valence-corrected chi connectivity index (χ1v) is 11.6. The van der Waals surface area contributed by atoms with Crippen LogP contribution < -0.4 is 25.3 Å². The van der Waals surface area contributed by atoms with Gasteiger partial charge in [-0.25, -0.2) is 0 Å². The third-order valence-electron chi connectivity index (χ3n) is 6.07. The summed E-state index contributed by atoms with van der Waals surface area (Å²) in [4.78, 5) is 13.0. The molecule has 1 unspecified atom stereocenters. The highest BCUT2D eigenvalue weighted by Gasteiger charge is 2.22. The number of methoxy groups -OCH3 is 3. The molecule has 0 radical (unpaired) electrons. The number of amides is 1. The van der Waals surface area contributed by atoms with Crippen molar-refractivity contribution < 1.29 is 34.4 Å². The first-order chi connectivity index (χ1) is 17.8. The predicted molar refractivity (Wildman–Crippen MR) is 139 cm³/mol. The van der Waals surface area contributed by atoms with Crippen LogP contribution in [0, 0.1) is 6.92 Å². The number of aromatic nitrogens is 1. The van der Waals surface area contributed by atoms with E-state index >= 15 is 0 Å². The lowest BCUT2D eigenvalue weighted by Gasteiger charge is -2.15. The molecule has 9 nitrogen and oxygen atoms in total. The molecule has 0 saturated carbocycles. The van der Waals surface area contributed by atoms with Gasteiger partial charge in [-0.3, -0.25) is 4.79 Å². The van der Waals surface area contributed by atoms with Gasteiger partial charge >= 0.3 is 0 Å². The minimum absolute atomic E-state index is 0.173. The first kappa shape index (κ1) is 25.6. The topological polar surface area (TPSA) is 131 Å². The lowest BCUT2D eigenvalue weighted by molar-refractivity contribution is -0.402. The van der Waals surface area contributed by atoms with Crippen LogP contribution >= 0.6 is 0 Å². The van der Waals surface area contributed by atoms with Crippen molar-refractivity contribution in [3.8, 4) is 45.4 Å². The third kappa shape index (κ3) is 5.52. The van der Waals surface area contributed by atoms with Gasteiger partial charge in [0.2, 0.25) is 0 Å². The van der Waals surface area contributed by atoms with E-state index in [2.05, 4.69) is 16.2 Å². The van der Waals surface area contributed by atoms with Gasteiger partial charge in [-0.2, -0.15) is 0 Å². The van der Waals surface area contributed by atoms with Gasteiger partial charge in [0.1, 0.15) is 23.5 Å². The summed E-state index contributed by atoms with van der Waals surface area (Å²) in [5, 5.41) is 16.6. The highest BCUT2D eigenvalue weighted by atomic mass is 16.5. The van der Waals surface area contributed by atoms with E-state index in [4.69, 9.17) is 18.7 Å². The summed E-state index contributed by atoms with van der Waals surface area (Å²) in [6.07, 6.45) is 1.98. The number of quaternary nitrogens is 1. The largest absolute Gasteiger partial charge is 0.508 e. The summed E-state index contributed by atoms with van der Waals surface area (Å²) in [5.74, 6) is 1.66. The van der Waals surface area contributed by atoms with E-state index in [9.17, 15) is 9.90 Å². The van der Waals surface area contributed by atoms with Gasteiger partial charge in [-0.1, -0.05) is 23.4 Å². The fraction of sp³-hybridized carbons (Fsp3) is 0.214. The molecule has 0 fully saturated rings. The number of anilines is 1. The average molecular weight is 505 g/mol. The van der Waals surface area contributed by atoms with Crippen molar-refractivity contribution in [1.82, 2.24) is 5.16 Å². The summed E-state index contributed by atoms with van der Waals surface area (Å²) in [7, 11) is 4.72. The molecule has 5 N–H and O–H groups in total. The number of nitrogens with one attached hydrogen (secondary N) is 1. The molecule has 4 rings (SSSR count). The van der Waals surface area contributed by atoms with Crippen LogP contribution in [0.2, 0.25) is 0 Å². The monoisotopic (exact) mass is 504 g/mol. The number of aryl methyl sites for hydroxylation is 1. The highest BCUT2D eigenvalue weighted by molar-refractivity contribution is 5.96. The second kappa shape index (κ2) is 11.0. The van der Waals surface area contributed by atoms with E-state index in [1.807, 2.05) is 31.2 Å². The Morgan fingerprint density at radius 3 is 2.41 bits per heavy atom. The number of ether oxygens (including phenoxy) is 3. The van der Waals surface area contributed by atoms with Crippen molar-refractivity contribution in [2.75, 3.05) is 26.6 Å². The molecule has 9 heteroatoms. The molecule has 192 valence electrons. The van der Waals surface area contributed by atoms with Crippen LogP contribution in [0.4, 0.5) is 5.69 Å². The van der Waals surface area contributed by atoms with Gasteiger partial charge in [-0.05, 0) is 60.0 Å². The molecule has 0 bridgehead atoms. The van der Waals surface area contributed by atoms with Crippen molar-refractivity contribution in [3.63, 3.8) is 0 Å². The van der Waals surface area contributed by atoms with Crippen LogP contribution in [0.5, 0.6) is 23.0 Å². The number of phenols is 1. The Labute approximate surface area is 214 Å². The van der Waals surface area contributed by atoms with Crippen LogP contribution in [0.15, 0.2) is 65.4 Å². The minimum Gasteiger partial charge on any atom is -0.508 e. The fourth-order valence-corrected chi connectivity index (χ4v) is 4.16. The van der Waals surface area contributed by atoms with Crippen molar-refractivity contribution >= 4 is 11.6 Å². The Morgan fingerprint density at radius 1 is 1.00 bits per heavy atom. The number of benzene rings is 3. The van der Waals surface area contributed by atoms with E-state index in [1.54, 1.807) is 57.9 Å². The van der Waals surface area contributed by atoms with Gasteiger partial charge < -0.3 is 34.9 Å². The molecular formula is C28H30N3O6+. The second-order valence-corrected chi connectivity index (χ2v) is 8.58. The van der Waals surface area contributed by atoms with Gasteiger partial charge in [0, 0.05) is 17.5 Å². The summed E-state index contributed by atoms with van der Waals surface area (Å²) in [6.45, 7) is 1.93. The SMILES string of the molecule is COc1ccc(-c2conc2-c2cc(C)c(OC)c(OC)c2)cc1NC(=O)C([NH3+])Cc1ccc(O)cc1. The van der Waals surface area contributed by atoms with Crippen LogP contribution in [0.3, 0.4) is 0 Å². The Hall–Kier alpha value is -4.50. The highest BCUT2D eigenvalue weighted by Crippen LogP contribution is 2.40. The van der Waals surface area contributed by atoms with Gasteiger partial charge in [0.05, 0.1) is 27.0 Å². The molecule has 0 aliphatic heterocycles. The summed E-state index contributed by atoms with van der Waals surface area (Å²) >= 11 is 0. The maximum absolute atomic E-state index is 13.0. The summed E-state index contributed by atoms with van der Waals surface area (Å²) < 4.78 is 21.8. The van der Waals surface area contributed by atoms with Crippen LogP contribution in [-0.4, -0.2) is 43.5 Å². The molecular weight excluding hydrogens is 474 g/mol. The number of aromatic hydroxyl groups is 1. The summed E-state index contributed by atoms with van der Waals surface area (Å²) in [6, 6.07) is 15.4. The number of phenolic OH excluding ortho intramolecular Hbond substituents is 1.